The van der Waals surface area contributed by atoms with E-state index in [-0.39, 0.29) is 11.9 Å². The summed E-state index contributed by atoms with van der Waals surface area (Å²) in [6.45, 7) is 3.69. The van der Waals surface area contributed by atoms with Gasteiger partial charge in [0.05, 0.1) is 11.1 Å². The van der Waals surface area contributed by atoms with E-state index in [1.807, 2.05) is 13.0 Å². The minimum absolute atomic E-state index is 0.00150. The SMILES string of the molecule is Cc1cc2c(c(O)c1C=O)C=CC(C)O2. The maximum Gasteiger partial charge on any atom is 0.154 e. The van der Waals surface area contributed by atoms with E-state index in [9.17, 15) is 9.90 Å². The molecule has 0 aromatic heterocycles. The Morgan fingerprint density at radius 2 is 2.27 bits per heavy atom. The summed E-state index contributed by atoms with van der Waals surface area (Å²) in [5.74, 6) is 0.633. The quantitative estimate of drug-likeness (QED) is 0.714. The highest BCUT2D eigenvalue weighted by molar-refractivity contribution is 5.86. The Labute approximate surface area is 88.0 Å². The second kappa shape index (κ2) is 3.42. The van der Waals surface area contributed by atoms with Crippen LogP contribution in [0.5, 0.6) is 11.5 Å². The van der Waals surface area contributed by atoms with Crippen LogP contribution in [0.3, 0.4) is 0 Å². The zero-order chi connectivity index (χ0) is 11.0. The minimum atomic E-state index is -0.00150. The van der Waals surface area contributed by atoms with E-state index in [1.165, 1.54) is 0 Å². The van der Waals surface area contributed by atoms with Crippen molar-refractivity contribution in [1.82, 2.24) is 0 Å². The smallest absolute Gasteiger partial charge is 0.154 e. The van der Waals surface area contributed by atoms with Gasteiger partial charge in [-0.15, -0.1) is 0 Å². The van der Waals surface area contributed by atoms with Crippen LogP contribution in [-0.2, 0) is 0 Å². The molecule has 1 atom stereocenters. The van der Waals surface area contributed by atoms with Crippen molar-refractivity contribution >= 4 is 12.4 Å². The number of aldehydes is 1. The van der Waals surface area contributed by atoms with E-state index in [2.05, 4.69) is 0 Å². The molecule has 1 aromatic rings. The van der Waals surface area contributed by atoms with E-state index < -0.39 is 0 Å². The lowest BCUT2D eigenvalue weighted by Crippen LogP contribution is -2.12. The number of ether oxygens (including phenoxy) is 1. The van der Waals surface area contributed by atoms with Gasteiger partial charge < -0.3 is 9.84 Å². The number of carbonyl (C=O) groups is 1. The molecule has 0 amide bonds. The second-order valence-electron chi connectivity index (χ2n) is 3.67. The van der Waals surface area contributed by atoms with Crippen molar-refractivity contribution in [3.8, 4) is 11.5 Å². The van der Waals surface area contributed by atoms with Gasteiger partial charge in [-0.3, -0.25) is 4.79 Å². The summed E-state index contributed by atoms with van der Waals surface area (Å²) in [5.41, 5.74) is 1.64. The molecule has 1 N–H and O–H groups in total. The molecule has 2 rings (SSSR count). The predicted molar refractivity (Wildman–Crippen MR) is 57.4 cm³/mol. The fourth-order valence-corrected chi connectivity index (χ4v) is 1.68. The molecule has 15 heavy (non-hydrogen) atoms. The van der Waals surface area contributed by atoms with Crippen molar-refractivity contribution < 1.29 is 14.6 Å². The first kappa shape index (κ1) is 9.77. The first-order valence-electron chi connectivity index (χ1n) is 4.80. The van der Waals surface area contributed by atoms with Crippen LogP contribution in [0.4, 0.5) is 0 Å². The molecule has 0 spiro atoms. The molecule has 0 bridgehead atoms. The molecule has 0 saturated carbocycles. The molecule has 0 radical (unpaired) electrons. The number of carbonyl (C=O) groups excluding carboxylic acids is 1. The van der Waals surface area contributed by atoms with Crippen LogP contribution in [-0.4, -0.2) is 17.5 Å². The highest BCUT2D eigenvalue weighted by Crippen LogP contribution is 2.37. The number of aromatic hydroxyl groups is 1. The predicted octanol–water partition coefficient (Wildman–Crippen LogP) is 2.31. The highest BCUT2D eigenvalue weighted by atomic mass is 16.5. The first-order chi connectivity index (χ1) is 7.13. The third kappa shape index (κ3) is 1.50. The molecule has 78 valence electrons. The molecule has 3 nitrogen and oxygen atoms in total. The van der Waals surface area contributed by atoms with E-state index >= 15 is 0 Å². The first-order valence-corrected chi connectivity index (χ1v) is 4.80. The normalized spacial score (nSPS) is 18.1. The van der Waals surface area contributed by atoms with Crippen molar-refractivity contribution in [2.24, 2.45) is 0 Å². The summed E-state index contributed by atoms with van der Waals surface area (Å²) in [4.78, 5) is 10.8. The number of phenols is 1. The van der Waals surface area contributed by atoms with Gasteiger partial charge in [0, 0.05) is 0 Å². The van der Waals surface area contributed by atoms with Crippen molar-refractivity contribution in [1.29, 1.82) is 0 Å². The maximum absolute atomic E-state index is 10.8. The maximum atomic E-state index is 10.8. The number of fused-ring (bicyclic) bond motifs is 1. The van der Waals surface area contributed by atoms with Crippen LogP contribution >= 0.6 is 0 Å². The molecule has 0 saturated heterocycles. The number of benzene rings is 1. The third-order valence-corrected chi connectivity index (χ3v) is 2.51. The van der Waals surface area contributed by atoms with E-state index in [0.717, 1.165) is 5.56 Å². The number of rotatable bonds is 1. The Hall–Kier alpha value is -1.77. The van der Waals surface area contributed by atoms with Gasteiger partial charge in [-0.2, -0.15) is 0 Å². The van der Waals surface area contributed by atoms with Crippen molar-refractivity contribution in [2.45, 2.75) is 20.0 Å². The third-order valence-electron chi connectivity index (χ3n) is 2.51. The largest absolute Gasteiger partial charge is 0.506 e. The van der Waals surface area contributed by atoms with Crippen molar-refractivity contribution in [3.63, 3.8) is 0 Å². The van der Waals surface area contributed by atoms with E-state index in [4.69, 9.17) is 4.74 Å². The van der Waals surface area contributed by atoms with Crippen molar-refractivity contribution in [2.75, 3.05) is 0 Å². The Balaban J connectivity index is 2.65. The second-order valence-corrected chi connectivity index (χ2v) is 3.67. The van der Waals surface area contributed by atoms with Gasteiger partial charge >= 0.3 is 0 Å². The fourth-order valence-electron chi connectivity index (χ4n) is 1.68. The summed E-state index contributed by atoms with van der Waals surface area (Å²) in [7, 11) is 0. The van der Waals surface area contributed by atoms with Crippen LogP contribution in [0.2, 0.25) is 0 Å². The number of phenolic OH excluding ortho intramolecular Hbond substituents is 1. The van der Waals surface area contributed by atoms with Crippen molar-refractivity contribution in [3.05, 3.63) is 28.8 Å². The lowest BCUT2D eigenvalue weighted by Gasteiger charge is -2.20. The fraction of sp³-hybridized carbons (Fsp3) is 0.250. The van der Waals surface area contributed by atoms with Gasteiger partial charge in [0.2, 0.25) is 0 Å². The Kier molecular flexibility index (Phi) is 2.23. The molecular formula is C12H12O3. The molecule has 1 unspecified atom stereocenters. The van der Waals surface area contributed by atoms with E-state index in [0.29, 0.717) is 23.2 Å². The molecule has 1 heterocycles. The monoisotopic (exact) mass is 204 g/mol. The summed E-state index contributed by atoms with van der Waals surface area (Å²) >= 11 is 0. The molecule has 0 aliphatic carbocycles. The van der Waals surface area contributed by atoms with E-state index in [1.54, 1.807) is 19.1 Å². The molecule has 1 aliphatic heterocycles. The highest BCUT2D eigenvalue weighted by Gasteiger charge is 2.18. The summed E-state index contributed by atoms with van der Waals surface area (Å²) < 4.78 is 5.53. The van der Waals surface area contributed by atoms with Gasteiger partial charge in [-0.1, -0.05) is 0 Å². The topological polar surface area (TPSA) is 46.5 Å². The average Bonchev–Trinajstić information content (AvgIpc) is 2.17. The van der Waals surface area contributed by atoms with Crippen LogP contribution in [0.1, 0.15) is 28.4 Å². The minimum Gasteiger partial charge on any atom is -0.506 e. The van der Waals surface area contributed by atoms with Gasteiger partial charge in [0.1, 0.15) is 17.6 Å². The Morgan fingerprint density at radius 1 is 1.53 bits per heavy atom. The molecule has 3 heteroatoms. The Morgan fingerprint density at radius 3 is 2.93 bits per heavy atom. The van der Waals surface area contributed by atoms with Gasteiger partial charge in [0.25, 0.3) is 0 Å². The average molecular weight is 204 g/mol. The number of hydrogen-bond donors (Lipinski definition) is 1. The molecule has 0 fully saturated rings. The zero-order valence-corrected chi connectivity index (χ0v) is 8.65. The lowest BCUT2D eigenvalue weighted by atomic mass is 10.0. The molecule has 1 aliphatic rings. The number of aryl methyl sites for hydroxylation is 1. The number of hydrogen-bond acceptors (Lipinski definition) is 3. The zero-order valence-electron chi connectivity index (χ0n) is 8.65. The van der Waals surface area contributed by atoms with Crippen LogP contribution in [0, 0.1) is 6.92 Å². The molecule has 1 aromatic carbocycles. The van der Waals surface area contributed by atoms with Gasteiger partial charge in [-0.05, 0) is 37.6 Å². The van der Waals surface area contributed by atoms with Crippen LogP contribution in [0.25, 0.3) is 6.08 Å². The Bertz CT molecular complexity index is 447. The standard InChI is InChI=1S/C12H12O3/c1-7-5-11-9(4-3-8(2)15-11)12(14)10(7)6-13/h3-6,8,14H,1-2H3. The van der Waals surface area contributed by atoms with Crippen LogP contribution < -0.4 is 4.74 Å². The lowest BCUT2D eigenvalue weighted by molar-refractivity contribution is 0.112. The van der Waals surface area contributed by atoms with Gasteiger partial charge in [-0.25, -0.2) is 0 Å². The van der Waals surface area contributed by atoms with Gasteiger partial charge in [0.15, 0.2) is 6.29 Å². The molecular weight excluding hydrogens is 192 g/mol. The summed E-state index contributed by atoms with van der Waals surface area (Å²) in [5, 5.41) is 9.84. The summed E-state index contributed by atoms with van der Waals surface area (Å²) in [6.07, 6.45) is 4.28. The summed E-state index contributed by atoms with van der Waals surface area (Å²) in [6, 6.07) is 1.78. The van der Waals surface area contributed by atoms with Crippen LogP contribution in [0.15, 0.2) is 12.1 Å².